The van der Waals surface area contributed by atoms with Crippen molar-refractivity contribution in [1.29, 1.82) is 5.41 Å². The molecule has 1 saturated heterocycles. The lowest BCUT2D eigenvalue weighted by Crippen LogP contribution is -2.36. The average molecular weight is 395 g/mol. The van der Waals surface area contributed by atoms with E-state index in [0.29, 0.717) is 59.6 Å². The monoisotopic (exact) mass is 395 g/mol. The van der Waals surface area contributed by atoms with E-state index in [-0.39, 0.29) is 11.3 Å². The van der Waals surface area contributed by atoms with E-state index in [1.165, 1.54) is 0 Å². The molecule has 0 atom stereocenters. The molecule has 8 nitrogen and oxygen atoms in total. The molecule has 1 aromatic heterocycles. The largest absolute Gasteiger partial charge is 0.460 e. The average Bonchev–Trinajstić information content (AvgIpc) is 2.75. The molecule has 0 spiro atoms. The van der Waals surface area contributed by atoms with Crippen molar-refractivity contribution in [2.75, 3.05) is 31.2 Å². The number of morpholine rings is 1. The first-order chi connectivity index (χ1) is 14.0. The van der Waals surface area contributed by atoms with E-state index in [1.807, 2.05) is 25.1 Å². The van der Waals surface area contributed by atoms with Gasteiger partial charge in [-0.1, -0.05) is 0 Å². The summed E-state index contributed by atoms with van der Waals surface area (Å²) in [6.45, 7) is 4.81. The number of benzene rings is 1. The number of ether oxygens (including phenoxy) is 1. The molecule has 1 fully saturated rings. The first-order valence-electron chi connectivity index (χ1n) is 9.65. The Labute approximate surface area is 168 Å². The molecule has 0 bridgehead atoms. The Morgan fingerprint density at radius 3 is 2.72 bits per heavy atom. The normalized spacial score (nSPS) is 21.7. The molecule has 0 saturated carbocycles. The van der Waals surface area contributed by atoms with Gasteiger partial charge in [-0.05, 0) is 43.2 Å². The maximum atomic E-state index is 13.4. The number of allylic oxidation sites excluding steroid dienone is 1. The topological polar surface area (TPSA) is 131 Å². The third kappa shape index (κ3) is 3.52. The van der Waals surface area contributed by atoms with E-state index in [1.54, 1.807) is 6.08 Å². The van der Waals surface area contributed by atoms with Crippen molar-refractivity contribution in [3.05, 3.63) is 56.6 Å². The minimum Gasteiger partial charge on any atom is -0.460 e. The molecule has 2 aromatic rings. The van der Waals surface area contributed by atoms with E-state index >= 15 is 0 Å². The minimum absolute atomic E-state index is 0.0451. The summed E-state index contributed by atoms with van der Waals surface area (Å²) >= 11 is 0. The zero-order valence-electron chi connectivity index (χ0n) is 16.4. The summed E-state index contributed by atoms with van der Waals surface area (Å²) < 4.78 is 11.5. The number of nitrogens with one attached hydrogen (secondary N) is 2. The lowest BCUT2D eigenvalue weighted by atomic mass is 9.95. The predicted molar refractivity (Wildman–Crippen MR) is 114 cm³/mol. The molecule has 4 rings (SSSR count). The van der Waals surface area contributed by atoms with Gasteiger partial charge >= 0.3 is 0 Å². The highest BCUT2D eigenvalue weighted by Crippen LogP contribution is 2.28. The maximum Gasteiger partial charge on any atom is 0.200 e. The van der Waals surface area contributed by atoms with Crippen molar-refractivity contribution in [2.24, 2.45) is 11.6 Å². The second-order valence-electron chi connectivity index (χ2n) is 7.32. The van der Waals surface area contributed by atoms with Crippen LogP contribution in [-0.2, 0) is 11.2 Å². The standard InChI is InChI=1S/C21H25N5O3/c1-12-2-4-17-15(11-16(19(12)22)21(23)25-24)20(27)14-10-13(3-5-18(14)29-17)26-6-8-28-9-7-26/h3,5,10-11H,2,4,6-9,22,24H2,1H3,(H2,23,25)/b16-11+,19-12-. The van der Waals surface area contributed by atoms with E-state index in [0.717, 1.165) is 24.4 Å². The van der Waals surface area contributed by atoms with Crippen LogP contribution in [0.15, 0.2) is 44.3 Å². The lowest BCUT2D eigenvalue weighted by molar-refractivity contribution is 0.122. The molecule has 1 aromatic carbocycles. The highest BCUT2D eigenvalue weighted by molar-refractivity contribution is 6.04. The Balaban J connectivity index is 1.90. The maximum absolute atomic E-state index is 13.4. The molecular weight excluding hydrogens is 370 g/mol. The molecule has 0 amide bonds. The molecule has 0 radical (unpaired) electrons. The van der Waals surface area contributed by atoms with Gasteiger partial charge < -0.3 is 25.2 Å². The van der Waals surface area contributed by atoms with Crippen LogP contribution in [0.3, 0.4) is 0 Å². The number of hydrogen-bond donors (Lipinski definition) is 4. The van der Waals surface area contributed by atoms with Gasteiger partial charge in [-0.2, -0.15) is 0 Å². The summed E-state index contributed by atoms with van der Waals surface area (Å²) in [4.78, 5) is 15.6. The van der Waals surface area contributed by atoms with Gasteiger partial charge in [0.25, 0.3) is 0 Å². The van der Waals surface area contributed by atoms with Crippen LogP contribution in [0.5, 0.6) is 0 Å². The number of anilines is 1. The molecule has 2 heterocycles. The number of hydrazine groups is 1. The first kappa shape index (κ1) is 19.2. The van der Waals surface area contributed by atoms with Gasteiger partial charge in [-0.3, -0.25) is 10.2 Å². The van der Waals surface area contributed by atoms with Crippen LogP contribution in [0.4, 0.5) is 5.69 Å². The van der Waals surface area contributed by atoms with Crippen LogP contribution >= 0.6 is 0 Å². The van der Waals surface area contributed by atoms with Crippen molar-refractivity contribution < 1.29 is 9.15 Å². The number of fused-ring (bicyclic) bond motifs is 2. The molecule has 2 aliphatic rings. The molecule has 1 aliphatic carbocycles. The van der Waals surface area contributed by atoms with Crippen LogP contribution in [0.1, 0.15) is 24.7 Å². The first-order valence-corrected chi connectivity index (χ1v) is 9.65. The van der Waals surface area contributed by atoms with E-state index in [2.05, 4.69) is 10.3 Å². The Hall–Kier alpha value is -3.10. The zero-order valence-corrected chi connectivity index (χ0v) is 16.4. The summed E-state index contributed by atoms with van der Waals surface area (Å²) in [5, 5.41) is 8.60. The SMILES string of the molecule is C/C1=C(N)\C(C(=N)NN)=C/c2c(oc3ccc(N4CCOCC4)cc3c2=O)CC1. The Bertz CT molecular complexity index is 1090. The fourth-order valence-electron chi connectivity index (χ4n) is 3.77. The summed E-state index contributed by atoms with van der Waals surface area (Å²) in [5.74, 6) is 5.99. The number of amidine groups is 1. The summed E-state index contributed by atoms with van der Waals surface area (Å²) in [7, 11) is 0. The quantitative estimate of drug-likeness (QED) is 0.263. The third-order valence-corrected chi connectivity index (χ3v) is 5.54. The number of nitrogens with two attached hydrogens (primary N) is 2. The molecule has 6 N–H and O–H groups in total. The minimum atomic E-state index is -0.133. The Morgan fingerprint density at radius 1 is 1.24 bits per heavy atom. The Morgan fingerprint density at radius 2 is 2.00 bits per heavy atom. The van der Waals surface area contributed by atoms with Crippen LogP contribution in [-0.4, -0.2) is 32.1 Å². The van der Waals surface area contributed by atoms with E-state index < -0.39 is 0 Å². The van der Waals surface area contributed by atoms with Crippen LogP contribution in [0.2, 0.25) is 0 Å². The van der Waals surface area contributed by atoms with Crippen LogP contribution < -0.4 is 27.3 Å². The fraction of sp³-hybridized carbons (Fsp3) is 0.333. The lowest BCUT2D eigenvalue weighted by Gasteiger charge is -2.29. The van der Waals surface area contributed by atoms with Crippen molar-refractivity contribution in [3.63, 3.8) is 0 Å². The van der Waals surface area contributed by atoms with E-state index in [4.69, 9.17) is 26.1 Å². The van der Waals surface area contributed by atoms with Gasteiger partial charge in [0.2, 0.25) is 0 Å². The van der Waals surface area contributed by atoms with E-state index in [9.17, 15) is 4.79 Å². The van der Waals surface area contributed by atoms with Gasteiger partial charge in [0.15, 0.2) is 5.43 Å². The van der Waals surface area contributed by atoms with Gasteiger partial charge in [0, 0.05) is 36.5 Å². The second kappa shape index (κ2) is 7.73. The summed E-state index contributed by atoms with van der Waals surface area (Å²) in [5.41, 5.74) is 12.1. The second-order valence-corrected chi connectivity index (χ2v) is 7.32. The van der Waals surface area contributed by atoms with Crippen LogP contribution in [0, 0.1) is 5.41 Å². The molecule has 0 unspecified atom stereocenters. The summed E-state index contributed by atoms with van der Waals surface area (Å²) in [6, 6.07) is 5.70. The Kier molecular flexibility index (Phi) is 5.12. The number of rotatable bonds is 2. The van der Waals surface area contributed by atoms with Gasteiger partial charge in [0.1, 0.15) is 17.2 Å². The number of nitrogens with zero attached hydrogens (tertiary/aromatic N) is 1. The molecule has 1 aliphatic heterocycles. The van der Waals surface area contributed by atoms with Crippen molar-refractivity contribution in [3.8, 4) is 0 Å². The third-order valence-electron chi connectivity index (χ3n) is 5.54. The smallest absolute Gasteiger partial charge is 0.200 e. The van der Waals surface area contributed by atoms with Crippen LogP contribution in [0.25, 0.3) is 17.0 Å². The van der Waals surface area contributed by atoms with Crippen molar-refractivity contribution in [1.82, 2.24) is 5.43 Å². The highest BCUT2D eigenvalue weighted by atomic mass is 16.5. The van der Waals surface area contributed by atoms with Gasteiger partial charge in [-0.25, -0.2) is 5.84 Å². The van der Waals surface area contributed by atoms with Gasteiger partial charge in [-0.15, -0.1) is 0 Å². The van der Waals surface area contributed by atoms with Crippen molar-refractivity contribution in [2.45, 2.75) is 19.8 Å². The highest BCUT2D eigenvalue weighted by Gasteiger charge is 2.21. The molecule has 8 heteroatoms. The molecular formula is C21H25N5O3. The van der Waals surface area contributed by atoms with Gasteiger partial charge in [0.05, 0.1) is 24.2 Å². The fourth-order valence-corrected chi connectivity index (χ4v) is 3.77. The molecule has 152 valence electrons. The summed E-state index contributed by atoms with van der Waals surface area (Å²) in [6.07, 6.45) is 2.81. The molecule has 29 heavy (non-hydrogen) atoms. The number of aryl methyl sites for hydroxylation is 1. The predicted octanol–water partition coefficient (Wildman–Crippen LogP) is 1.63. The van der Waals surface area contributed by atoms with Crippen molar-refractivity contribution >= 4 is 28.6 Å². The zero-order chi connectivity index (χ0) is 20.5. The number of hydrogen-bond acceptors (Lipinski definition) is 7.